The van der Waals surface area contributed by atoms with E-state index in [9.17, 15) is 9.90 Å². The zero-order valence-corrected chi connectivity index (χ0v) is 11.6. The molecule has 0 aliphatic carbocycles. The fourth-order valence-electron chi connectivity index (χ4n) is 2.41. The molecule has 2 N–H and O–H groups in total. The third-order valence-electron chi connectivity index (χ3n) is 3.65. The first kappa shape index (κ1) is 14.0. The van der Waals surface area contributed by atoms with Gasteiger partial charge in [-0.05, 0) is 25.5 Å². The van der Waals surface area contributed by atoms with Crippen molar-refractivity contribution in [2.75, 3.05) is 26.7 Å². The Kier molecular flexibility index (Phi) is 4.22. The number of carbonyl (C=O) groups is 1. The Morgan fingerprint density at radius 2 is 2.11 bits per heavy atom. The van der Waals surface area contributed by atoms with Crippen LogP contribution in [-0.2, 0) is 11.2 Å². The van der Waals surface area contributed by atoms with Crippen molar-refractivity contribution in [3.63, 3.8) is 0 Å². The topological polar surface area (TPSA) is 52.6 Å². The Balaban J connectivity index is 1.90. The van der Waals surface area contributed by atoms with Gasteiger partial charge in [-0.1, -0.05) is 29.8 Å². The summed E-state index contributed by atoms with van der Waals surface area (Å²) in [6, 6.07) is 7.98. The zero-order valence-electron chi connectivity index (χ0n) is 11.6. The normalized spacial score (nSPS) is 22.5. The minimum absolute atomic E-state index is 0.0455. The van der Waals surface area contributed by atoms with Gasteiger partial charge in [0, 0.05) is 13.6 Å². The molecule has 1 heterocycles. The lowest BCUT2D eigenvalue weighted by molar-refractivity contribution is -0.132. The van der Waals surface area contributed by atoms with Crippen LogP contribution in [0, 0.1) is 6.92 Å². The van der Waals surface area contributed by atoms with Gasteiger partial charge in [0.05, 0.1) is 18.6 Å². The second-order valence-corrected chi connectivity index (χ2v) is 5.56. The van der Waals surface area contributed by atoms with Gasteiger partial charge in [0.2, 0.25) is 5.91 Å². The van der Waals surface area contributed by atoms with E-state index in [4.69, 9.17) is 0 Å². The van der Waals surface area contributed by atoms with Crippen molar-refractivity contribution in [1.82, 2.24) is 10.2 Å². The molecule has 1 aromatic rings. The summed E-state index contributed by atoms with van der Waals surface area (Å²) < 4.78 is 0. The summed E-state index contributed by atoms with van der Waals surface area (Å²) in [5.74, 6) is 0.0455. The lowest BCUT2D eigenvalue weighted by Crippen LogP contribution is -2.45. The van der Waals surface area contributed by atoms with E-state index < -0.39 is 5.60 Å². The Labute approximate surface area is 114 Å². The van der Waals surface area contributed by atoms with Crippen LogP contribution in [0.2, 0.25) is 0 Å². The fraction of sp³-hybridized carbons (Fsp3) is 0.533. The molecule has 1 aliphatic heterocycles. The summed E-state index contributed by atoms with van der Waals surface area (Å²) in [6.07, 6.45) is 1.09. The molecule has 1 aromatic carbocycles. The number of hydrogen-bond donors (Lipinski definition) is 2. The average molecular weight is 262 g/mol. The number of rotatable bonds is 4. The minimum Gasteiger partial charge on any atom is -0.387 e. The first-order chi connectivity index (χ1) is 8.98. The van der Waals surface area contributed by atoms with Crippen molar-refractivity contribution in [3.05, 3.63) is 35.4 Å². The number of hydrogen-bond acceptors (Lipinski definition) is 3. The zero-order chi connectivity index (χ0) is 13.9. The Bertz CT molecular complexity index is 436. The molecule has 1 aliphatic rings. The van der Waals surface area contributed by atoms with Gasteiger partial charge in [-0.2, -0.15) is 0 Å². The molecular formula is C15H22N2O2. The second-order valence-electron chi connectivity index (χ2n) is 5.56. The standard InChI is InChI=1S/C15H22N2O2/c1-12-3-5-13(6-4-12)9-14(18)17(2)11-15(19)7-8-16-10-15/h3-6,16,19H,7-11H2,1-2H3. The molecule has 0 bridgehead atoms. The third-order valence-corrected chi connectivity index (χ3v) is 3.65. The summed E-state index contributed by atoms with van der Waals surface area (Å²) in [5, 5.41) is 13.4. The van der Waals surface area contributed by atoms with E-state index in [1.54, 1.807) is 11.9 Å². The van der Waals surface area contributed by atoms with Crippen molar-refractivity contribution < 1.29 is 9.90 Å². The molecule has 1 fully saturated rings. The monoisotopic (exact) mass is 262 g/mol. The molecule has 1 amide bonds. The molecule has 104 valence electrons. The van der Waals surface area contributed by atoms with Crippen molar-refractivity contribution in [1.29, 1.82) is 0 Å². The second kappa shape index (κ2) is 5.72. The van der Waals surface area contributed by atoms with Crippen LogP contribution in [0.1, 0.15) is 17.5 Å². The first-order valence-corrected chi connectivity index (χ1v) is 6.71. The molecule has 0 radical (unpaired) electrons. The van der Waals surface area contributed by atoms with Crippen LogP contribution in [0.25, 0.3) is 0 Å². The average Bonchev–Trinajstić information content (AvgIpc) is 2.78. The van der Waals surface area contributed by atoms with Crippen LogP contribution in [0.3, 0.4) is 0 Å². The number of nitrogens with zero attached hydrogens (tertiary/aromatic N) is 1. The number of aryl methyl sites for hydroxylation is 1. The number of benzene rings is 1. The molecule has 1 unspecified atom stereocenters. The highest BCUT2D eigenvalue weighted by Gasteiger charge is 2.33. The maximum Gasteiger partial charge on any atom is 0.226 e. The highest BCUT2D eigenvalue weighted by Crippen LogP contribution is 2.16. The number of nitrogens with one attached hydrogen (secondary N) is 1. The lowest BCUT2D eigenvalue weighted by Gasteiger charge is -2.28. The van der Waals surface area contributed by atoms with E-state index in [1.165, 1.54) is 5.56 Å². The van der Waals surface area contributed by atoms with Gasteiger partial charge < -0.3 is 15.3 Å². The van der Waals surface area contributed by atoms with E-state index in [-0.39, 0.29) is 5.91 Å². The predicted molar refractivity (Wildman–Crippen MR) is 75.0 cm³/mol. The van der Waals surface area contributed by atoms with Crippen molar-refractivity contribution in [3.8, 4) is 0 Å². The summed E-state index contributed by atoms with van der Waals surface area (Å²) in [4.78, 5) is 13.8. The van der Waals surface area contributed by atoms with E-state index >= 15 is 0 Å². The first-order valence-electron chi connectivity index (χ1n) is 6.71. The Morgan fingerprint density at radius 1 is 1.42 bits per heavy atom. The fourth-order valence-corrected chi connectivity index (χ4v) is 2.41. The minimum atomic E-state index is -0.766. The summed E-state index contributed by atoms with van der Waals surface area (Å²) in [5.41, 5.74) is 1.44. The van der Waals surface area contributed by atoms with Crippen LogP contribution in [-0.4, -0.2) is 48.2 Å². The van der Waals surface area contributed by atoms with E-state index in [0.717, 1.165) is 12.1 Å². The van der Waals surface area contributed by atoms with Crippen molar-refractivity contribution in [2.24, 2.45) is 0 Å². The molecule has 4 nitrogen and oxygen atoms in total. The number of aliphatic hydroxyl groups is 1. The van der Waals surface area contributed by atoms with E-state index in [2.05, 4.69) is 5.32 Å². The van der Waals surface area contributed by atoms with E-state index in [0.29, 0.717) is 25.9 Å². The molecule has 2 rings (SSSR count). The van der Waals surface area contributed by atoms with Gasteiger partial charge in [-0.15, -0.1) is 0 Å². The van der Waals surface area contributed by atoms with Crippen molar-refractivity contribution in [2.45, 2.75) is 25.4 Å². The van der Waals surface area contributed by atoms with Gasteiger partial charge >= 0.3 is 0 Å². The van der Waals surface area contributed by atoms with Crippen LogP contribution in [0.15, 0.2) is 24.3 Å². The summed E-state index contributed by atoms with van der Waals surface area (Å²) >= 11 is 0. The maximum atomic E-state index is 12.1. The van der Waals surface area contributed by atoms with Crippen LogP contribution < -0.4 is 5.32 Å². The maximum absolute atomic E-state index is 12.1. The number of β-amino-alcohol motifs (C(OH)–C–C–N with tert-alkyl or cyclic N) is 1. The summed E-state index contributed by atoms with van der Waals surface area (Å²) in [6.45, 7) is 3.80. The highest BCUT2D eigenvalue weighted by molar-refractivity contribution is 5.78. The van der Waals surface area contributed by atoms with Gasteiger partial charge in [0.25, 0.3) is 0 Å². The molecule has 0 aromatic heterocycles. The quantitative estimate of drug-likeness (QED) is 0.840. The number of carbonyl (C=O) groups excluding carboxylic acids is 1. The molecule has 4 heteroatoms. The van der Waals surface area contributed by atoms with Crippen LogP contribution in [0.4, 0.5) is 0 Å². The van der Waals surface area contributed by atoms with Crippen LogP contribution >= 0.6 is 0 Å². The van der Waals surface area contributed by atoms with Crippen molar-refractivity contribution >= 4 is 5.91 Å². The largest absolute Gasteiger partial charge is 0.387 e. The predicted octanol–water partition coefficient (Wildman–Crippen LogP) is 0.720. The van der Waals surface area contributed by atoms with Gasteiger partial charge in [-0.3, -0.25) is 4.79 Å². The lowest BCUT2D eigenvalue weighted by atomic mass is 10.0. The molecule has 19 heavy (non-hydrogen) atoms. The Hall–Kier alpha value is -1.39. The molecular weight excluding hydrogens is 240 g/mol. The molecule has 0 saturated carbocycles. The number of amides is 1. The highest BCUT2D eigenvalue weighted by atomic mass is 16.3. The van der Waals surface area contributed by atoms with Crippen LogP contribution in [0.5, 0.6) is 0 Å². The Morgan fingerprint density at radius 3 is 2.68 bits per heavy atom. The van der Waals surface area contributed by atoms with E-state index in [1.807, 2.05) is 31.2 Å². The SMILES string of the molecule is Cc1ccc(CC(=O)N(C)CC2(O)CCNC2)cc1. The van der Waals surface area contributed by atoms with Gasteiger partial charge in [-0.25, -0.2) is 0 Å². The molecule has 1 saturated heterocycles. The smallest absolute Gasteiger partial charge is 0.226 e. The molecule has 0 spiro atoms. The third kappa shape index (κ3) is 3.78. The molecule has 1 atom stereocenters. The summed E-state index contributed by atoms with van der Waals surface area (Å²) in [7, 11) is 1.76. The number of likely N-dealkylation sites (N-methyl/N-ethyl adjacent to an activating group) is 1. The van der Waals surface area contributed by atoms with Gasteiger partial charge in [0.15, 0.2) is 0 Å². The van der Waals surface area contributed by atoms with Gasteiger partial charge in [0.1, 0.15) is 0 Å².